The Bertz CT molecular complexity index is 525. The van der Waals surface area contributed by atoms with Gasteiger partial charge in [-0.3, -0.25) is 0 Å². The first-order valence-corrected chi connectivity index (χ1v) is 4.44. The van der Waals surface area contributed by atoms with Crippen LogP contribution in [0.25, 0.3) is 11.0 Å². The molecule has 0 atom stereocenters. The molecular weight excluding hydrogens is 196 g/mol. The lowest BCUT2D eigenvalue weighted by molar-refractivity contribution is 0.0697. The fourth-order valence-corrected chi connectivity index (χ4v) is 1.59. The summed E-state index contributed by atoms with van der Waals surface area (Å²) in [6.45, 7) is 1.63. The zero-order valence-corrected chi connectivity index (χ0v) is 8.40. The summed E-state index contributed by atoms with van der Waals surface area (Å²) in [4.78, 5) is 11.0. The third kappa shape index (κ3) is 1.44. The number of rotatable bonds is 2. The van der Waals surface area contributed by atoms with Crippen LogP contribution in [-0.4, -0.2) is 18.2 Å². The molecule has 78 valence electrons. The van der Waals surface area contributed by atoms with E-state index in [0.29, 0.717) is 22.5 Å². The number of aryl methyl sites for hydroxylation is 1. The first-order valence-electron chi connectivity index (χ1n) is 4.44. The predicted octanol–water partition coefficient (Wildman–Crippen LogP) is 2.45. The summed E-state index contributed by atoms with van der Waals surface area (Å²) in [6, 6.07) is 5.08. The highest BCUT2D eigenvalue weighted by Crippen LogP contribution is 2.28. The monoisotopic (exact) mass is 206 g/mol. The minimum absolute atomic E-state index is 0.215. The van der Waals surface area contributed by atoms with E-state index in [1.807, 2.05) is 0 Å². The van der Waals surface area contributed by atoms with Crippen molar-refractivity contribution in [3.63, 3.8) is 0 Å². The lowest BCUT2D eigenvalue weighted by Gasteiger charge is -1.97. The van der Waals surface area contributed by atoms with E-state index in [-0.39, 0.29) is 5.56 Å². The molecule has 0 fully saturated rings. The summed E-state index contributed by atoms with van der Waals surface area (Å²) < 4.78 is 10.4. The van der Waals surface area contributed by atoms with Crippen LogP contribution in [0, 0.1) is 6.92 Å². The molecule has 1 aromatic carbocycles. The number of ether oxygens (including phenoxy) is 1. The smallest absolute Gasteiger partial charge is 0.339 e. The van der Waals surface area contributed by atoms with Crippen LogP contribution >= 0.6 is 0 Å². The standard InChI is InChI=1S/C11H10O4/c1-6-10(11(12)13)8-4-3-7(14-2)5-9(8)15-6/h3-5H,1-2H3,(H,12,13). The second-order valence-corrected chi connectivity index (χ2v) is 3.20. The number of benzene rings is 1. The van der Waals surface area contributed by atoms with Crippen molar-refractivity contribution in [2.24, 2.45) is 0 Å². The van der Waals surface area contributed by atoms with Gasteiger partial charge in [0.25, 0.3) is 0 Å². The molecule has 1 heterocycles. The number of aromatic carboxylic acids is 1. The van der Waals surface area contributed by atoms with Gasteiger partial charge in [-0.2, -0.15) is 0 Å². The Morgan fingerprint density at radius 3 is 2.80 bits per heavy atom. The zero-order valence-electron chi connectivity index (χ0n) is 8.40. The Labute approximate surface area is 86.1 Å². The molecule has 0 saturated heterocycles. The van der Waals surface area contributed by atoms with Gasteiger partial charge in [-0.1, -0.05) is 0 Å². The molecule has 0 saturated carbocycles. The van der Waals surface area contributed by atoms with Crippen molar-refractivity contribution in [1.82, 2.24) is 0 Å². The molecule has 1 aromatic heterocycles. The van der Waals surface area contributed by atoms with Gasteiger partial charge in [0.2, 0.25) is 0 Å². The first kappa shape index (κ1) is 9.58. The quantitative estimate of drug-likeness (QED) is 0.819. The van der Waals surface area contributed by atoms with E-state index < -0.39 is 5.97 Å². The van der Waals surface area contributed by atoms with E-state index in [9.17, 15) is 4.79 Å². The van der Waals surface area contributed by atoms with Crippen molar-refractivity contribution < 1.29 is 19.1 Å². The lowest BCUT2D eigenvalue weighted by Crippen LogP contribution is -1.96. The van der Waals surface area contributed by atoms with Crippen molar-refractivity contribution in [3.8, 4) is 5.75 Å². The van der Waals surface area contributed by atoms with Crippen LogP contribution in [0.15, 0.2) is 22.6 Å². The van der Waals surface area contributed by atoms with E-state index in [2.05, 4.69) is 0 Å². The predicted molar refractivity (Wildman–Crippen MR) is 54.5 cm³/mol. The molecule has 0 radical (unpaired) electrons. The van der Waals surface area contributed by atoms with E-state index >= 15 is 0 Å². The number of fused-ring (bicyclic) bond motifs is 1. The summed E-state index contributed by atoms with van der Waals surface area (Å²) >= 11 is 0. The molecule has 15 heavy (non-hydrogen) atoms. The van der Waals surface area contributed by atoms with Gasteiger partial charge in [-0.25, -0.2) is 4.79 Å². The molecule has 0 bridgehead atoms. The number of methoxy groups -OCH3 is 1. The Balaban J connectivity index is 2.74. The Hall–Kier alpha value is -1.97. The average molecular weight is 206 g/mol. The number of carboxylic acids is 1. The largest absolute Gasteiger partial charge is 0.497 e. The van der Waals surface area contributed by atoms with Gasteiger partial charge in [0, 0.05) is 11.5 Å². The zero-order chi connectivity index (χ0) is 11.0. The maximum absolute atomic E-state index is 11.0. The van der Waals surface area contributed by atoms with Crippen molar-refractivity contribution in [2.75, 3.05) is 7.11 Å². The lowest BCUT2D eigenvalue weighted by atomic mass is 10.1. The molecule has 2 aromatic rings. The first-order chi connectivity index (χ1) is 7.13. The number of carboxylic acid groups (broad SMARTS) is 1. The van der Waals surface area contributed by atoms with Crippen LogP contribution in [0.3, 0.4) is 0 Å². The SMILES string of the molecule is COc1ccc2c(C(=O)O)c(C)oc2c1. The summed E-state index contributed by atoms with van der Waals surface area (Å²) in [7, 11) is 1.55. The van der Waals surface area contributed by atoms with Crippen molar-refractivity contribution in [3.05, 3.63) is 29.5 Å². The maximum atomic E-state index is 11.0. The Morgan fingerprint density at radius 2 is 2.20 bits per heavy atom. The van der Waals surface area contributed by atoms with Crippen LogP contribution in [0.2, 0.25) is 0 Å². The Morgan fingerprint density at radius 1 is 1.47 bits per heavy atom. The highest BCUT2D eigenvalue weighted by Gasteiger charge is 2.17. The second-order valence-electron chi connectivity index (χ2n) is 3.20. The topological polar surface area (TPSA) is 59.7 Å². The minimum Gasteiger partial charge on any atom is -0.497 e. The summed E-state index contributed by atoms with van der Waals surface area (Å²) in [5.41, 5.74) is 0.747. The van der Waals surface area contributed by atoms with Gasteiger partial charge >= 0.3 is 5.97 Å². The number of hydrogen-bond acceptors (Lipinski definition) is 3. The van der Waals surface area contributed by atoms with E-state index in [4.69, 9.17) is 14.3 Å². The second kappa shape index (κ2) is 3.31. The number of carbonyl (C=O) groups is 1. The van der Waals surface area contributed by atoms with Crippen molar-refractivity contribution >= 4 is 16.9 Å². The van der Waals surface area contributed by atoms with Gasteiger partial charge in [0.15, 0.2) is 0 Å². The molecule has 0 aliphatic heterocycles. The molecule has 0 aliphatic rings. The summed E-state index contributed by atoms with van der Waals surface area (Å²) in [5, 5.41) is 9.59. The summed E-state index contributed by atoms with van der Waals surface area (Å²) in [5.74, 6) is 0.0790. The highest BCUT2D eigenvalue weighted by molar-refractivity contribution is 6.03. The molecule has 0 unspecified atom stereocenters. The third-order valence-corrected chi connectivity index (χ3v) is 2.29. The fourth-order valence-electron chi connectivity index (χ4n) is 1.59. The third-order valence-electron chi connectivity index (χ3n) is 2.29. The molecule has 1 N–H and O–H groups in total. The summed E-state index contributed by atoms with van der Waals surface area (Å²) in [6.07, 6.45) is 0. The maximum Gasteiger partial charge on any atom is 0.339 e. The normalized spacial score (nSPS) is 10.5. The van der Waals surface area contributed by atoms with Crippen LogP contribution in [-0.2, 0) is 0 Å². The van der Waals surface area contributed by atoms with Gasteiger partial charge in [0.1, 0.15) is 22.7 Å². The molecule has 2 rings (SSSR count). The van der Waals surface area contributed by atoms with Gasteiger partial charge < -0.3 is 14.3 Å². The molecule has 0 amide bonds. The Kier molecular flexibility index (Phi) is 2.11. The minimum atomic E-state index is -0.976. The molecule has 0 aliphatic carbocycles. The fraction of sp³-hybridized carbons (Fsp3) is 0.182. The van der Waals surface area contributed by atoms with Crippen LogP contribution in [0.1, 0.15) is 16.1 Å². The van der Waals surface area contributed by atoms with E-state index in [0.717, 1.165) is 0 Å². The highest BCUT2D eigenvalue weighted by atomic mass is 16.5. The molecular formula is C11H10O4. The molecule has 4 nitrogen and oxygen atoms in total. The van der Waals surface area contributed by atoms with Crippen molar-refractivity contribution in [1.29, 1.82) is 0 Å². The van der Waals surface area contributed by atoms with Gasteiger partial charge in [-0.15, -0.1) is 0 Å². The van der Waals surface area contributed by atoms with Gasteiger partial charge in [-0.05, 0) is 19.1 Å². The van der Waals surface area contributed by atoms with E-state index in [1.54, 1.807) is 32.2 Å². The van der Waals surface area contributed by atoms with Crippen LogP contribution in [0.4, 0.5) is 0 Å². The number of hydrogen-bond donors (Lipinski definition) is 1. The number of furan rings is 1. The van der Waals surface area contributed by atoms with E-state index in [1.165, 1.54) is 0 Å². The molecule has 0 spiro atoms. The average Bonchev–Trinajstić information content (AvgIpc) is 2.52. The molecule has 4 heteroatoms. The van der Waals surface area contributed by atoms with Crippen LogP contribution < -0.4 is 4.74 Å². The van der Waals surface area contributed by atoms with Crippen molar-refractivity contribution in [2.45, 2.75) is 6.92 Å². The van der Waals surface area contributed by atoms with Crippen LogP contribution in [0.5, 0.6) is 5.75 Å². The van der Waals surface area contributed by atoms with Gasteiger partial charge in [0.05, 0.1) is 7.11 Å².